The zero-order valence-electron chi connectivity index (χ0n) is 14.0. The predicted octanol–water partition coefficient (Wildman–Crippen LogP) is 3.04. The molecule has 0 aliphatic heterocycles. The van der Waals surface area contributed by atoms with Gasteiger partial charge in [0.1, 0.15) is 18.0 Å². The van der Waals surface area contributed by atoms with Gasteiger partial charge in [-0.3, -0.25) is 9.48 Å². The predicted molar refractivity (Wildman–Crippen MR) is 85.2 cm³/mol. The summed E-state index contributed by atoms with van der Waals surface area (Å²) in [6.07, 6.45) is 2.96. The van der Waals surface area contributed by atoms with Crippen LogP contribution >= 0.6 is 0 Å². The van der Waals surface area contributed by atoms with Crippen molar-refractivity contribution in [2.45, 2.75) is 39.8 Å². The van der Waals surface area contributed by atoms with Crippen LogP contribution in [0.2, 0.25) is 0 Å². The molecule has 0 bridgehead atoms. The van der Waals surface area contributed by atoms with Crippen LogP contribution in [0, 0.1) is 12.7 Å². The zero-order valence-corrected chi connectivity index (χ0v) is 14.0. The van der Waals surface area contributed by atoms with Crippen molar-refractivity contribution in [2.24, 2.45) is 0 Å². The lowest BCUT2D eigenvalue weighted by Crippen LogP contribution is -2.26. The molecule has 2 rings (SSSR count). The number of carboxylic acids is 1. The number of hydrogen-bond donors (Lipinski definition) is 1. The molecule has 1 N–H and O–H groups in total. The normalized spacial score (nSPS) is 11.4. The Morgan fingerprint density at radius 2 is 2.00 bits per heavy atom. The number of rotatable bonds is 4. The number of esters is 1. The van der Waals surface area contributed by atoms with Crippen molar-refractivity contribution in [1.82, 2.24) is 9.78 Å². The molecule has 0 atom stereocenters. The average molecular weight is 334 g/mol. The molecule has 0 amide bonds. The first kappa shape index (κ1) is 17.7. The van der Waals surface area contributed by atoms with Crippen LogP contribution in [0.25, 0.3) is 11.1 Å². The van der Waals surface area contributed by atoms with Gasteiger partial charge in [-0.1, -0.05) is 0 Å². The van der Waals surface area contributed by atoms with Gasteiger partial charge in [0, 0.05) is 11.8 Å². The molecule has 2 aromatic rings. The molecule has 0 saturated carbocycles. The molecule has 1 aromatic heterocycles. The van der Waals surface area contributed by atoms with E-state index in [4.69, 9.17) is 4.74 Å². The average Bonchev–Trinajstić information content (AvgIpc) is 2.87. The summed E-state index contributed by atoms with van der Waals surface area (Å²) < 4.78 is 20.2. The van der Waals surface area contributed by atoms with Gasteiger partial charge in [-0.15, -0.1) is 0 Å². The number of aromatic nitrogens is 2. The molecule has 0 fully saturated rings. The number of hydrogen-bond acceptors (Lipinski definition) is 4. The Hall–Kier alpha value is -2.70. The highest BCUT2D eigenvalue weighted by Crippen LogP contribution is 2.26. The molecule has 128 valence electrons. The molecule has 0 spiro atoms. The Morgan fingerprint density at radius 3 is 2.58 bits per heavy atom. The lowest BCUT2D eigenvalue weighted by atomic mass is 9.99. The molecule has 6 nitrogen and oxygen atoms in total. The van der Waals surface area contributed by atoms with E-state index in [9.17, 15) is 19.1 Å². The molecule has 1 heterocycles. The maximum atomic E-state index is 13.6. The fourth-order valence-corrected chi connectivity index (χ4v) is 2.19. The summed E-state index contributed by atoms with van der Waals surface area (Å²) >= 11 is 0. The smallest absolute Gasteiger partial charge is 0.336 e. The Labute approximate surface area is 138 Å². The maximum absolute atomic E-state index is 13.6. The van der Waals surface area contributed by atoms with Crippen molar-refractivity contribution in [3.8, 4) is 11.1 Å². The second kappa shape index (κ2) is 6.43. The van der Waals surface area contributed by atoms with E-state index in [1.165, 1.54) is 23.1 Å². The molecular formula is C17H19FN2O4. The van der Waals surface area contributed by atoms with E-state index in [1.54, 1.807) is 27.7 Å². The third kappa shape index (κ3) is 4.18. The van der Waals surface area contributed by atoms with E-state index in [0.717, 1.165) is 6.07 Å². The van der Waals surface area contributed by atoms with Gasteiger partial charge in [-0.2, -0.15) is 5.10 Å². The highest BCUT2D eigenvalue weighted by atomic mass is 19.1. The maximum Gasteiger partial charge on any atom is 0.336 e. The lowest BCUT2D eigenvalue weighted by Gasteiger charge is -2.19. The number of aromatic carboxylic acids is 1. The Balaban J connectivity index is 2.30. The molecule has 0 aliphatic rings. The van der Waals surface area contributed by atoms with E-state index in [-0.39, 0.29) is 12.1 Å². The van der Waals surface area contributed by atoms with Gasteiger partial charge in [-0.05, 0) is 51.0 Å². The van der Waals surface area contributed by atoms with E-state index >= 15 is 0 Å². The number of benzene rings is 1. The second-order valence-electron chi connectivity index (χ2n) is 6.47. The third-order valence-corrected chi connectivity index (χ3v) is 3.18. The number of carbonyl (C=O) groups is 2. The van der Waals surface area contributed by atoms with E-state index in [0.29, 0.717) is 16.7 Å². The second-order valence-corrected chi connectivity index (χ2v) is 6.47. The van der Waals surface area contributed by atoms with E-state index in [1.807, 2.05) is 0 Å². The molecule has 0 saturated heterocycles. The topological polar surface area (TPSA) is 81.4 Å². The van der Waals surface area contributed by atoms with Crippen LogP contribution < -0.4 is 0 Å². The van der Waals surface area contributed by atoms with Crippen molar-refractivity contribution in [2.75, 3.05) is 0 Å². The van der Waals surface area contributed by atoms with Crippen LogP contribution in [0.15, 0.2) is 24.5 Å². The number of halogens is 1. The summed E-state index contributed by atoms with van der Waals surface area (Å²) in [6.45, 7) is 6.75. The van der Waals surface area contributed by atoms with Gasteiger partial charge < -0.3 is 9.84 Å². The summed E-state index contributed by atoms with van der Waals surface area (Å²) in [4.78, 5) is 23.2. The first-order valence-corrected chi connectivity index (χ1v) is 7.35. The van der Waals surface area contributed by atoms with E-state index < -0.39 is 23.4 Å². The molecule has 24 heavy (non-hydrogen) atoms. The Kier molecular flexibility index (Phi) is 4.73. The van der Waals surface area contributed by atoms with Crippen LogP contribution in [0.1, 0.15) is 36.7 Å². The summed E-state index contributed by atoms with van der Waals surface area (Å²) in [5, 5.41) is 13.3. The first-order valence-electron chi connectivity index (χ1n) is 7.35. The van der Waals surface area contributed by atoms with Crippen LogP contribution in [0.4, 0.5) is 4.39 Å². The first-order chi connectivity index (χ1) is 11.1. The van der Waals surface area contributed by atoms with Crippen molar-refractivity contribution in [3.63, 3.8) is 0 Å². The Morgan fingerprint density at radius 1 is 1.33 bits per heavy atom. The zero-order chi connectivity index (χ0) is 18.1. The van der Waals surface area contributed by atoms with Crippen LogP contribution in [-0.4, -0.2) is 32.4 Å². The number of nitrogens with zero attached hydrogens (tertiary/aromatic N) is 2. The highest BCUT2D eigenvalue weighted by molar-refractivity contribution is 5.96. The molecule has 0 aliphatic carbocycles. The summed E-state index contributed by atoms with van der Waals surface area (Å²) in [6, 6.07) is 2.44. The van der Waals surface area contributed by atoms with E-state index in [2.05, 4.69) is 5.10 Å². The fraction of sp³-hybridized carbons (Fsp3) is 0.353. The molecular weight excluding hydrogens is 315 g/mol. The minimum atomic E-state index is -1.23. The summed E-state index contributed by atoms with van der Waals surface area (Å²) in [5.41, 5.74) is 0.401. The highest BCUT2D eigenvalue weighted by Gasteiger charge is 2.19. The molecule has 1 aromatic carbocycles. The largest absolute Gasteiger partial charge is 0.478 e. The van der Waals surface area contributed by atoms with Gasteiger partial charge in [0.05, 0.1) is 11.8 Å². The fourth-order valence-electron chi connectivity index (χ4n) is 2.19. The van der Waals surface area contributed by atoms with Gasteiger partial charge >= 0.3 is 11.9 Å². The summed E-state index contributed by atoms with van der Waals surface area (Å²) in [7, 11) is 0. The quantitative estimate of drug-likeness (QED) is 0.869. The van der Waals surface area contributed by atoms with Crippen molar-refractivity contribution < 1.29 is 23.8 Å². The van der Waals surface area contributed by atoms with Crippen molar-refractivity contribution >= 4 is 11.9 Å². The monoisotopic (exact) mass is 334 g/mol. The van der Waals surface area contributed by atoms with Gasteiger partial charge in [-0.25, -0.2) is 9.18 Å². The number of aryl methyl sites for hydroxylation is 1. The summed E-state index contributed by atoms with van der Waals surface area (Å²) in [5.74, 6) is -2.27. The number of ether oxygens (including phenoxy) is 1. The van der Waals surface area contributed by atoms with Gasteiger partial charge in [0.2, 0.25) is 0 Å². The van der Waals surface area contributed by atoms with Gasteiger partial charge in [0.25, 0.3) is 0 Å². The number of carboxylic acid groups (broad SMARTS) is 1. The lowest BCUT2D eigenvalue weighted by molar-refractivity contribution is -0.155. The van der Waals surface area contributed by atoms with Crippen LogP contribution in [0.3, 0.4) is 0 Å². The Bertz CT molecular complexity index is 790. The standard InChI is InChI=1S/C17H19FN2O4/c1-10-5-12(13(16(22)23)6-14(10)18)11-7-19-20(8-11)9-15(21)24-17(2,3)4/h5-8H,9H2,1-4H3,(H,22,23). The third-order valence-electron chi connectivity index (χ3n) is 3.18. The molecule has 7 heteroatoms. The van der Waals surface area contributed by atoms with Gasteiger partial charge in [0.15, 0.2) is 0 Å². The van der Waals surface area contributed by atoms with Crippen molar-refractivity contribution in [3.05, 3.63) is 41.5 Å². The molecule has 0 radical (unpaired) electrons. The SMILES string of the molecule is Cc1cc(-c2cnn(CC(=O)OC(C)(C)C)c2)c(C(=O)O)cc1F. The minimum absolute atomic E-state index is 0.0974. The number of carbonyl (C=O) groups excluding carboxylic acids is 1. The van der Waals surface area contributed by atoms with Crippen molar-refractivity contribution in [1.29, 1.82) is 0 Å². The van der Waals surface area contributed by atoms with Crippen LogP contribution in [-0.2, 0) is 16.1 Å². The van der Waals surface area contributed by atoms with Crippen LogP contribution in [0.5, 0.6) is 0 Å². The molecule has 0 unspecified atom stereocenters. The minimum Gasteiger partial charge on any atom is -0.478 e.